The predicted octanol–water partition coefficient (Wildman–Crippen LogP) is 8.87. The molecule has 2 aliphatic carbocycles. The Balaban J connectivity index is 1.28. The van der Waals surface area contributed by atoms with Crippen LogP contribution in [0.1, 0.15) is 99.7 Å². The van der Waals surface area contributed by atoms with E-state index in [1.807, 2.05) is 0 Å². The topological polar surface area (TPSA) is 0 Å². The molecule has 1 fully saturated rings. The number of halogens is 2. The Bertz CT molecular complexity index is 872. The number of aryl methyl sites for hydroxylation is 1. The smallest absolute Gasteiger partial charge is 0.159 e. The van der Waals surface area contributed by atoms with E-state index >= 15 is 0 Å². The van der Waals surface area contributed by atoms with Crippen LogP contribution in [0, 0.1) is 17.6 Å². The maximum absolute atomic E-state index is 13.6. The summed E-state index contributed by atoms with van der Waals surface area (Å²) in [6, 6.07) is 13.8. The molecule has 1 atom stereocenters. The molecule has 4 rings (SSSR count). The molecule has 2 aliphatic rings. The molecule has 0 bridgehead atoms. The summed E-state index contributed by atoms with van der Waals surface area (Å²) in [6.07, 6.45) is 15.7. The van der Waals surface area contributed by atoms with Crippen molar-refractivity contribution in [3.8, 4) is 0 Å². The summed E-state index contributed by atoms with van der Waals surface area (Å²) in [6.45, 7) is 2.26. The van der Waals surface area contributed by atoms with Gasteiger partial charge in [0.1, 0.15) is 0 Å². The van der Waals surface area contributed by atoms with E-state index in [1.165, 1.54) is 74.6 Å². The fourth-order valence-corrected chi connectivity index (χ4v) is 5.63. The molecule has 0 aromatic heterocycles. The third-order valence-electron chi connectivity index (χ3n) is 7.63. The zero-order chi connectivity index (χ0) is 21.6. The van der Waals surface area contributed by atoms with Crippen molar-refractivity contribution in [3.05, 3.63) is 82.4 Å². The molecule has 1 unspecified atom stereocenters. The maximum Gasteiger partial charge on any atom is 0.159 e. The van der Waals surface area contributed by atoms with Crippen LogP contribution < -0.4 is 0 Å². The summed E-state index contributed by atoms with van der Waals surface area (Å²) in [5.74, 6) is 0.259. The van der Waals surface area contributed by atoms with Gasteiger partial charge in [0.05, 0.1) is 0 Å². The molecule has 0 amide bonds. The summed E-state index contributed by atoms with van der Waals surface area (Å²) < 4.78 is 26.8. The van der Waals surface area contributed by atoms with E-state index in [2.05, 4.69) is 37.3 Å². The molecular formula is C29H36F2. The summed E-state index contributed by atoms with van der Waals surface area (Å²) >= 11 is 0. The lowest BCUT2D eigenvalue weighted by atomic mass is 9.72. The van der Waals surface area contributed by atoms with Gasteiger partial charge in [-0.3, -0.25) is 0 Å². The average molecular weight is 423 g/mol. The van der Waals surface area contributed by atoms with Gasteiger partial charge in [0, 0.05) is 0 Å². The molecule has 2 aromatic rings. The Morgan fingerprint density at radius 3 is 2.10 bits per heavy atom. The molecule has 0 saturated heterocycles. The van der Waals surface area contributed by atoms with Gasteiger partial charge in [-0.25, -0.2) is 8.78 Å². The van der Waals surface area contributed by atoms with Crippen molar-refractivity contribution in [3.63, 3.8) is 0 Å². The van der Waals surface area contributed by atoms with Gasteiger partial charge in [0.15, 0.2) is 11.6 Å². The third-order valence-corrected chi connectivity index (χ3v) is 7.63. The van der Waals surface area contributed by atoms with E-state index in [0.29, 0.717) is 17.8 Å². The molecule has 0 radical (unpaired) electrons. The van der Waals surface area contributed by atoms with Crippen molar-refractivity contribution in [2.45, 2.75) is 89.4 Å². The minimum atomic E-state index is -0.745. The fraction of sp³-hybridized carbons (Fsp3) is 0.517. The summed E-state index contributed by atoms with van der Waals surface area (Å²) in [5, 5.41) is 0. The van der Waals surface area contributed by atoms with E-state index in [-0.39, 0.29) is 0 Å². The van der Waals surface area contributed by atoms with Crippen LogP contribution in [-0.2, 0) is 6.42 Å². The second-order valence-corrected chi connectivity index (χ2v) is 9.67. The minimum absolute atomic E-state index is 0.374. The van der Waals surface area contributed by atoms with Crippen LogP contribution in [0.2, 0.25) is 0 Å². The summed E-state index contributed by atoms with van der Waals surface area (Å²) in [7, 11) is 0. The van der Waals surface area contributed by atoms with Gasteiger partial charge >= 0.3 is 0 Å². The molecular weight excluding hydrogens is 386 g/mol. The van der Waals surface area contributed by atoms with Gasteiger partial charge < -0.3 is 0 Å². The molecule has 0 aliphatic heterocycles. The molecule has 0 heterocycles. The quantitative estimate of drug-likeness (QED) is 0.309. The Hall–Kier alpha value is -1.96. The van der Waals surface area contributed by atoms with Crippen LogP contribution >= 0.6 is 0 Å². The Morgan fingerprint density at radius 2 is 1.45 bits per heavy atom. The van der Waals surface area contributed by atoms with E-state index < -0.39 is 11.6 Å². The number of hydrogen-bond donors (Lipinski definition) is 0. The zero-order valence-corrected chi connectivity index (χ0v) is 18.9. The second-order valence-electron chi connectivity index (χ2n) is 9.67. The molecule has 166 valence electrons. The molecule has 31 heavy (non-hydrogen) atoms. The highest BCUT2D eigenvalue weighted by molar-refractivity contribution is 5.28. The highest BCUT2D eigenvalue weighted by Crippen LogP contribution is 2.43. The number of hydrogen-bond acceptors (Lipinski definition) is 0. The first-order valence-corrected chi connectivity index (χ1v) is 12.4. The van der Waals surface area contributed by atoms with E-state index in [0.717, 1.165) is 24.8 Å². The lowest BCUT2D eigenvalue weighted by Crippen LogP contribution is -2.17. The molecule has 2 aromatic carbocycles. The summed E-state index contributed by atoms with van der Waals surface area (Å²) in [5.41, 5.74) is 5.59. The fourth-order valence-electron chi connectivity index (χ4n) is 5.63. The van der Waals surface area contributed by atoms with Gasteiger partial charge in [0.2, 0.25) is 0 Å². The first-order valence-electron chi connectivity index (χ1n) is 12.4. The Morgan fingerprint density at radius 1 is 0.742 bits per heavy atom. The molecule has 1 saturated carbocycles. The normalized spacial score (nSPS) is 24.1. The minimum Gasteiger partial charge on any atom is -0.204 e. The van der Waals surface area contributed by atoms with Gasteiger partial charge in [-0.2, -0.15) is 0 Å². The van der Waals surface area contributed by atoms with Crippen LogP contribution in [0.5, 0.6) is 0 Å². The number of rotatable bonds is 7. The zero-order valence-electron chi connectivity index (χ0n) is 18.9. The lowest BCUT2D eigenvalue weighted by molar-refractivity contribution is 0.348. The van der Waals surface area contributed by atoms with E-state index in [4.69, 9.17) is 0 Å². The standard InChI is InChI=1S/C29H36F2/c1-2-3-4-5-21-6-8-22(9-7-21)23-10-12-24(13-11-23)25-14-16-26(17-15-25)27-18-19-28(30)29(31)20-27/h6-9,12,18-20,23,25-26H,2-5,10-11,13-17H2,1H3. The Labute approximate surface area is 186 Å². The van der Waals surface area contributed by atoms with Crippen molar-refractivity contribution in [2.24, 2.45) is 5.92 Å². The molecule has 2 heteroatoms. The highest BCUT2D eigenvalue weighted by atomic mass is 19.2. The van der Waals surface area contributed by atoms with Crippen LogP contribution in [0.15, 0.2) is 54.1 Å². The maximum atomic E-state index is 13.6. The van der Waals surface area contributed by atoms with Crippen LogP contribution in [-0.4, -0.2) is 0 Å². The average Bonchev–Trinajstić information content (AvgIpc) is 2.82. The van der Waals surface area contributed by atoms with Gasteiger partial charge in [-0.1, -0.05) is 61.7 Å². The number of benzene rings is 2. The highest BCUT2D eigenvalue weighted by Gasteiger charge is 2.27. The SMILES string of the molecule is CCCCCc1ccc(C2CC=C(C3CCC(c4ccc(F)c(F)c4)CC3)CC2)cc1. The molecule has 0 nitrogen and oxygen atoms in total. The summed E-state index contributed by atoms with van der Waals surface area (Å²) in [4.78, 5) is 0. The van der Waals surface area contributed by atoms with Gasteiger partial charge in [-0.15, -0.1) is 0 Å². The third kappa shape index (κ3) is 5.64. The number of allylic oxidation sites excluding steroid dienone is 2. The van der Waals surface area contributed by atoms with Crippen molar-refractivity contribution < 1.29 is 8.78 Å². The van der Waals surface area contributed by atoms with E-state index in [1.54, 1.807) is 11.6 Å². The van der Waals surface area contributed by atoms with Crippen molar-refractivity contribution in [2.75, 3.05) is 0 Å². The lowest BCUT2D eigenvalue weighted by Gasteiger charge is -2.33. The monoisotopic (exact) mass is 422 g/mol. The largest absolute Gasteiger partial charge is 0.204 e. The first kappa shape index (κ1) is 22.2. The van der Waals surface area contributed by atoms with Crippen LogP contribution in [0.25, 0.3) is 0 Å². The van der Waals surface area contributed by atoms with Gasteiger partial charge in [0.25, 0.3) is 0 Å². The van der Waals surface area contributed by atoms with E-state index in [9.17, 15) is 8.78 Å². The van der Waals surface area contributed by atoms with Crippen LogP contribution in [0.4, 0.5) is 8.78 Å². The first-order chi connectivity index (χ1) is 15.1. The van der Waals surface area contributed by atoms with Crippen LogP contribution in [0.3, 0.4) is 0 Å². The second kappa shape index (κ2) is 10.6. The molecule has 0 N–H and O–H groups in total. The van der Waals surface area contributed by atoms with Gasteiger partial charge in [-0.05, 0) is 104 Å². The van der Waals surface area contributed by atoms with Crippen molar-refractivity contribution in [1.82, 2.24) is 0 Å². The molecule has 0 spiro atoms. The van der Waals surface area contributed by atoms with Crippen molar-refractivity contribution in [1.29, 1.82) is 0 Å². The number of unbranched alkanes of at least 4 members (excludes halogenated alkanes) is 2. The predicted molar refractivity (Wildman–Crippen MR) is 125 cm³/mol. The Kier molecular flexibility index (Phi) is 7.58. The van der Waals surface area contributed by atoms with Crippen molar-refractivity contribution >= 4 is 0 Å².